The highest BCUT2D eigenvalue weighted by molar-refractivity contribution is 7.85. The summed E-state index contributed by atoms with van der Waals surface area (Å²) in [5.41, 5.74) is -0.642. The molecule has 1 heterocycles. The predicted octanol–water partition coefficient (Wildman–Crippen LogP) is 4.37. The summed E-state index contributed by atoms with van der Waals surface area (Å²) in [7, 11) is -1.60. The third kappa shape index (κ3) is 3.88. The number of hydrogen-bond donors (Lipinski definition) is 0. The number of rotatable bonds is 4. The molecule has 0 radical (unpaired) electrons. The van der Waals surface area contributed by atoms with E-state index in [1.807, 2.05) is 0 Å². The van der Waals surface area contributed by atoms with Crippen LogP contribution in [0.4, 0.5) is 13.2 Å². The van der Waals surface area contributed by atoms with Crippen molar-refractivity contribution in [1.82, 2.24) is 0 Å². The molecule has 2 atom stereocenters. The van der Waals surface area contributed by atoms with Gasteiger partial charge in [0.15, 0.2) is 0 Å². The fraction of sp³-hybridized carbons (Fsp3) is 0.588. The lowest BCUT2D eigenvalue weighted by atomic mass is 9.97. The first-order chi connectivity index (χ1) is 11.0. The van der Waals surface area contributed by atoms with Crippen LogP contribution in [0.1, 0.15) is 51.7 Å². The Balaban J connectivity index is 2.41. The van der Waals surface area contributed by atoms with Gasteiger partial charge in [0, 0.05) is 12.2 Å². The van der Waals surface area contributed by atoms with Gasteiger partial charge in [-0.15, -0.1) is 0 Å². The van der Waals surface area contributed by atoms with E-state index in [0.29, 0.717) is 6.42 Å². The Hall–Kier alpha value is -1.21. The number of hydrogen-bond acceptors (Lipinski definition) is 2. The van der Waals surface area contributed by atoms with Gasteiger partial charge in [0.05, 0.1) is 16.0 Å². The van der Waals surface area contributed by atoms with E-state index in [0.717, 1.165) is 6.07 Å². The maximum Gasteiger partial charge on any atom is 0.301 e. The summed E-state index contributed by atoms with van der Waals surface area (Å²) in [6.07, 6.45) is -0.590. The van der Waals surface area contributed by atoms with Crippen LogP contribution in [0, 0.1) is 5.82 Å². The summed E-state index contributed by atoms with van der Waals surface area (Å²) in [6.45, 7) is 6.93. The van der Waals surface area contributed by atoms with Gasteiger partial charge in [0.1, 0.15) is 22.9 Å². The van der Waals surface area contributed by atoms with E-state index in [2.05, 4.69) is 4.40 Å². The Morgan fingerprint density at radius 2 is 2.00 bits per heavy atom. The predicted molar refractivity (Wildman–Crippen MR) is 89.4 cm³/mol. The lowest BCUT2D eigenvalue weighted by Gasteiger charge is -2.24. The van der Waals surface area contributed by atoms with Crippen LogP contribution in [-0.2, 0) is 21.6 Å². The third-order valence-electron chi connectivity index (χ3n) is 3.83. The highest BCUT2D eigenvalue weighted by Crippen LogP contribution is 2.40. The molecule has 0 bridgehead atoms. The van der Waals surface area contributed by atoms with Crippen molar-refractivity contribution >= 4 is 16.7 Å². The average Bonchev–Trinajstić information content (AvgIpc) is 3.01. The Labute approximate surface area is 142 Å². The van der Waals surface area contributed by atoms with Crippen LogP contribution in [-0.4, -0.2) is 27.4 Å². The zero-order chi connectivity index (χ0) is 18.1. The molecule has 2 rings (SSSR count). The van der Waals surface area contributed by atoms with Crippen LogP contribution >= 0.6 is 0 Å². The molecule has 24 heavy (non-hydrogen) atoms. The Bertz CT molecular complexity index is 662. The molecular formula is C17H22F3NO2S. The molecule has 3 nitrogen and oxygen atoms in total. The summed E-state index contributed by atoms with van der Waals surface area (Å²) >= 11 is 0. The molecule has 7 heteroatoms. The largest absolute Gasteiger partial charge is 0.372 e. The van der Waals surface area contributed by atoms with E-state index >= 15 is 0 Å². The van der Waals surface area contributed by atoms with Gasteiger partial charge < -0.3 is 4.74 Å². The van der Waals surface area contributed by atoms with Crippen molar-refractivity contribution in [1.29, 1.82) is 0 Å². The summed E-state index contributed by atoms with van der Waals surface area (Å²) in [6, 6.07) is 3.78. The van der Waals surface area contributed by atoms with Gasteiger partial charge in [-0.2, -0.15) is 13.2 Å². The number of nitrogens with zero attached hydrogens (tertiary/aromatic N) is 1. The van der Waals surface area contributed by atoms with Crippen molar-refractivity contribution in [2.24, 2.45) is 4.40 Å². The van der Waals surface area contributed by atoms with E-state index in [1.165, 1.54) is 19.1 Å². The van der Waals surface area contributed by atoms with Crippen LogP contribution < -0.4 is 0 Å². The summed E-state index contributed by atoms with van der Waals surface area (Å²) < 4.78 is 64.3. The van der Waals surface area contributed by atoms with Crippen molar-refractivity contribution in [3.63, 3.8) is 0 Å². The zero-order valence-electron chi connectivity index (χ0n) is 14.2. The minimum Gasteiger partial charge on any atom is -0.372 e. The van der Waals surface area contributed by atoms with Crippen molar-refractivity contribution in [3.8, 4) is 0 Å². The zero-order valence-corrected chi connectivity index (χ0v) is 15.1. The maximum absolute atomic E-state index is 14.7. The number of alkyl halides is 2. The highest BCUT2D eigenvalue weighted by atomic mass is 32.2. The second-order valence-electron chi connectivity index (χ2n) is 6.83. The normalized spacial score (nSPS) is 21.1. The number of halogens is 3. The van der Waals surface area contributed by atoms with Gasteiger partial charge in [-0.1, -0.05) is 12.1 Å². The van der Waals surface area contributed by atoms with Gasteiger partial charge in [0.25, 0.3) is 0 Å². The van der Waals surface area contributed by atoms with Gasteiger partial charge in [-0.05, 0) is 46.6 Å². The van der Waals surface area contributed by atoms with Gasteiger partial charge >= 0.3 is 5.92 Å². The van der Waals surface area contributed by atoms with Crippen LogP contribution in [0.3, 0.4) is 0 Å². The topological polar surface area (TPSA) is 38.7 Å². The number of ether oxygens (including phenoxy) is 1. The molecule has 1 aliphatic heterocycles. The second-order valence-corrected chi connectivity index (χ2v) is 8.74. The van der Waals surface area contributed by atoms with Gasteiger partial charge in [0.2, 0.25) is 0 Å². The van der Waals surface area contributed by atoms with Crippen molar-refractivity contribution in [2.45, 2.75) is 57.3 Å². The quantitative estimate of drug-likeness (QED) is 0.747. The molecule has 0 spiro atoms. The van der Waals surface area contributed by atoms with Crippen LogP contribution in [0.2, 0.25) is 0 Å². The molecule has 1 aromatic rings. The smallest absolute Gasteiger partial charge is 0.301 e. The minimum absolute atomic E-state index is 0.0669. The molecule has 0 saturated carbocycles. The summed E-state index contributed by atoms with van der Waals surface area (Å²) in [5.74, 6) is -4.45. The van der Waals surface area contributed by atoms with Crippen molar-refractivity contribution in [3.05, 3.63) is 35.1 Å². The van der Waals surface area contributed by atoms with Crippen molar-refractivity contribution in [2.75, 3.05) is 6.61 Å². The first kappa shape index (κ1) is 19.1. The van der Waals surface area contributed by atoms with Crippen LogP contribution in [0.5, 0.6) is 0 Å². The molecule has 0 amide bonds. The first-order valence-electron chi connectivity index (χ1n) is 7.81. The number of benzene rings is 1. The van der Waals surface area contributed by atoms with Crippen LogP contribution in [0.25, 0.3) is 0 Å². The molecule has 1 aliphatic rings. The van der Waals surface area contributed by atoms with E-state index in [1.54, 1.807) is 20.8 Å². The lowest BCUT2D eigenvalue weighted by Crippen LogP contribution is -2.31. The Morgan fingerprint density at radius 1 is 1.33 bits per heavy atom. The third-order valence-corrected chi connectivity index (χ3v) is 5.31. The molecule has 134 valence electrons. The highest BCUT2D eigenvalue weighted by Gasteiger charge is 2.46. The molecule has 0 aromatic heterocycles. The summed E-state index contributed by atoms with van der Waals surface area (Å²) in [4.78, 5) is 0. The Kier molecular flexibility index (Phi) is 5.54. The average molecular weight is 361 g/mol. The van der Waals surface area contributed by atoms with E-state index in [9.17, 15) is 17.4 Å². The Morgan fingerprint density at radius 3 is 2.54 bits per heavy atom. The lowest BCUT2D eigenvalue weighted by molar-refractivity contribution is -0.124. The fourth-order valence-electron chi connectivity index (χ4n) is 2.42. The standard InChI is InChI=1S/C17H22F3NO2S/c1-11(21-24(22)16(2,3)4)12-7-5-8-13(15(12)18)17(19,20)14-9-6-10-23-14/h5,7-8,14H,6,9-10H2,1-4H3/t14-,24+/m0/s1. The maximum atomic E-state index is 14.7. The first-order valence-corrected chi connectivity index (χ1v) is 8.92. The molecule has 0 N–H and O–H groups in total. The minimum atomic E-state index is -3.42. The molecule has 1 aromatic carbocycles. The van der Waals surface area contributed by atoms with E-state index < -0.39 is 39.1 Å². The molecule has 0 unspecified atom stereocenters. The monoisotopic (exact) mass is 361 g/mol. The van der Waals surface area contributed by atoms with Gasteiger partial charge in [-0.3, -0.25) is 0 Å². The molecular weight excluding hydrogens is 339 g/mol. The molecule has 1 saturated heterocycles. The molecule has 0 aliphatic carbocycles. The summed E-state index contributed by atoms with van der Waals surface area (Å²) in [5, 5.41) is 0. The van der Waals surface area contributed by atoms with Crippen LogP contribution in [0.15, 0.2) is 22.6 Å². The van der Waals surface area contributed by atoms with Crippen molar-refractivity contribution < 1.29 is 22.1 Å². The van der Waals surface area contributed by atoms with E-state index in [4.69, 9.17) is 4.74 Å². The molecule has 1 fully saturated rings. The fourth-order valence-corrected chi connectivity index (χ4v) is 3.04. The SMILES string of the molecule is CC(=N[S@](=O)C(C)(C)C)c1cccc(C(F)(F)[C@@H]2CCCO2)c1F. The second kappa shape index (κ2) is 6.96. The van der Waals surface area contributed by atoms with Gasteiger partial charge in [-0.25, -0.2) is 8.60 Å². The van der Waals surface area contributed by atoms with E-state index in [-0.39, 0.29) is 24.3 Å².